The predicted molar refractivity (Wildman–Crippen MR) is 261 cm³/mol. The maximum atomic E-state index is 12.3. The highest BCUT2D eigenvalue weighted by molar-refractivity contribution is 7.90. The zero-order valence-corrected chi connectivity index (χ0v) is 43.7. The second kappa shape index (κ2) is 20.7. The highest BCUT2D eigenvalue weighted by Gasteiger charge is 2.67. The fourth-order valence-corrected chi connectivity index (χ4v) is 18.6. The van der Waals surface area contributed by atoms with Crippen molar-refractivity contribution in [1.82, 2.24) is 10.6 Å². The van der Waals surface area contributed by atoms with Gasteiger partial charge in [0.2, 0.25) is 11.8 Å². The summed E-state index contributed by atoms with van der Waals surface area (Å²) in [7, 11) is -3.10. The molecule has 8 N–H and O–H groups in total. The van der Waals surface area contributed by atoms with Crippen LogP contribution in [0.3, 0.4) is 0 Å². The van der Waals surface area contributed by atoms with Crippen molar-refractivity contribution >= 4 is 27.4 Å². The molecule has 0 heterocycles. The average molecular weight is 977 g/mol. The number of hydrogen-bond donors (Lipinski definition) is 8. The zero-order chi connectivity index (χ0) is 49.9. The summed E-state index contributed by atoms with van der Waals surface area (Å²) >= 11 is 0. The summed E-state index contributed by atoms with van der Waals surface area (Å²) in [5, 5.41) is 71.9. The molecule has 8 saturated carbocycles. The van der Waals surface area contributed by atoms with Crippen LogP contribution >= 0.6 is 0 Å². The van der Waals surface area contributed by atoms with Crippen LogP contribution in [0.25, 0.3) is 0 Å². The van der Waals surface area contributed by atoms with Crippen molar-refractivity contribution < 1.29 is 53.4 Å². The van der Waals surface area contributed by atoms with Crippen molar-refractivity contribution in [2.75, 3.05) is 25.1 Å². The highest BCUT2D eigenvalue weighted by Crippen LogP contribution is 2.70. The Balaban J connectivity index is 0.000000202. The van der Waals surface area contributed by atoms with E-state index in [2.05, 4.69) is 52.2 Å². The van der Waals surface area contributed by atoms with Crippen molar-refractivity contribution in [3.05, 3.63) is 0 Å². The molecule has 8 rings (SSSR count). The van der Waals surface area contributed by atoms with E-state index in [1.165, 1.54) is 13.2 Å². The van der Waals surface area contributed by atoms with Gasteiger partial charge in [-0.3, -0.25) is 14.4 Å². The number of fused-ring (bicyclic) bond motifs is 10. The molecule has 0 aliphatic heterocycles. The molecule has 13 nitrogen and oxygen atoms in total. The first kappa shape index (κ1) is 54.1. The van der Waals surface area contributed by atoms with Crippen LogP contribution in [0.2, 0.25) is 0 Å². The maximum absolute atomic E-state index is 12.3. The summed E-state index contributed by atoms with van der Waals surface area (Å²) in [6.45, 7) is 15.3. The fraction of sp³-hybridized carbons (Fsp3) is 0.944. The number of hydrogen-bond acceptors (Lipinski definition) is 11. The first-order chi connectivity index (χ1) is 31.7. The van der Waals surface area contributed by atoms with Crippen LogP contribution in [0, 0.1) is 92.7 Å². The third-order valence-corrected chi connectivity index (χ3v) is 23.0. The number of ketones is 1. The number of Topliss-reactive ketones (excluding diaryl/α,β-unsaturated/α-hetero) is 1. The van der Waals surface area contributed by atoms with E-state index in [9.17, 15) is 53.4 Å². The van der Waals surface area contributed by atoms with Crippen LogP contribution in [0.4, 0.5) is 0 Å². The molecular weight excluding hydrogens is 885 g/mol. The minimum Gasteiger partial charge on any atom is -0.393 e. The maximum Gasteiger partial charge on any atom is 0.220 e. The minimum atomic E-state index is -3.10. The molecule has 14 heteroatoms. The lowest BCUT2D eigenvalue weighted by atomic mass is 9.43. The van der Waals surface area contributed by atoms with Crippen molar-refractivity contribution in [2.45, 2.75) is 201 Å². The summed E-state index contributed by atoms with van der Waals surface area (Å²) in [6, 6.07) is 0. The van der Waals surface area contributed by atoms with Gasteiger partial charge in [0.1, 0.15) is 15.6 Å². The molecule has 390 valence electrons. The molecular formula is C54H92N2O11S. The molecule has 0 spiro atoms. The second-order valence-electron chi connectivity index (χ2n) is 25.5. The molecule has 0 bridgehead atoms. The highest BCUT2D eigenvalue weighted by atomic mass is 32.2. The Morgan fingerprint density at radius 3 is 1.40 bits per heavy atom. The first-order valence-corrected chi connectivity index (χ1v) is 29.1. The number of aliphatic hydroxyl groups is 6. The van der Waals surface area contributed by atoms with E-state index < -0.39 is 22.0 Å². The van der Waals surface area contributed by atoms with Crippen molar-refractivity contribution in [3.8, 4) is 0 Å². The molecule has 68 heavy (non-hydrogen) atoms. The predicted octanol–water partition coefficient (Wildman–Crippen LogP) is 5.59. The molecule has 8 aliphatic carbocycles. The lowest BCUT2D eigenvalue weighted by Crippen LogP contribution is -2.62. The topological polar surface area (TPSA) is 231 Å². The van der Waals surface area contributed by atoms with E-state index in [1.807, 2.05) is 0 Å². The van der Waals surface area contributed by atoms with Gasteiger partial charge in [-0.05, 0) is 202 Å². The Morgan fingerprint density at radius 2 is 1.00 bits per heavy atom. The molecule has 8 fully saturated rings. The summed E-state index contributed by atoms with van der Waals surface area (Å²) in [4.78, 5) is 35.6. The number of amides is 2. The third-order valence-electron chi connectivity index (χ3n) is 22.0. The van der Waals surface area contributed by atoms with E-state index in [1.54, 1.807) is 0 Å². The first-order valence-electron chi connectivity index (χ1n) is 27.0. The van der Waals surface area contributed by atoms with Crippen LogP contribution in [-0.4, -0.2) is 118 Å². The average Bonchev–Trinajstić information content (AvgIpc) is 3.81. The van der Waals surface area contributed by atoms with Crippen LogP contribution in [0.15, 0.2) is 0 Å². The summed E-state index contributed by atoms with van der Waals surface area (Å²) < 4.78 is 22.6. The van der Waals surface area contributed by atoms with Gasteiger partial charge in [0, 0.05) is 25.6 Å². The Kier molecular flexibility index (Phi) is 16.5. The van der Waals surface area contributed by atoms with Crippen LogP contribution in [0.5, 0.6) is 0 Å². The quantitative estimate of drug-likeness (QED) is 0.113. The van der Waals surface area contributed by atoms with E-state index in [-0.39, 0.29) is 118 Å². The number of carbonyl (C=O) groups excluding carboxylic acids is 3. The lowest BCUT2D eigenvalue weighted by Gasteiger charge is -2.63. The number of aliphatic hydroxyl groups excluding tert-OH is 6. The Labute approximate surface area is 408 Å². The van der Waals surface area contributed by atoms with Crippen molar-refractivity contribution in [1.29, 1.82) is 0 Å². The standard InChI is InChI=1S/C27H47NO6S.C27H45NO5/c1-16(5-8-24(32)28-11-12-35(4,33)34)19-6-7-20-25-21(15-23(31)27(19,20)3)26(2)10-9-18(29)13-17(26)14-22(25)30;1-15(5-8-24(33)28-14-16(2)29)19-6-7-20-25-21(13-23(32)27(19,20)4)26(3)10-9-18(30)11-17(26)12-22(25)31/h16-23,25,29-31H,5-15H2,1-4H3,(H,28,32);15,17-23,25,30-32H,5-14H2,1-4H3,(H,28,33)/t16-,17+,18-,19-,20+,21+,22-,23+,25+,26+,27-;15-,17+,18-,19-,20+,21+,22-,23+,25+,26+,27-/m11/s1. The van der Waals surface area contributed by atoms with Crippen molar-refractivity contribution in [3.63, 3.8) is 0 Å². The van der Waals surface area contributed by atoms with Gasteiger partial charge in [-0.25, -0.2) is 8.42 Å². The van der Waals surface area contributed by atoms with E-state index in [0.717, 1.165) is 89.9 Å². The van der Waals surface area contributed by atoms with Crippen LogP contribution < -0.4 is 10.6 Å². The monoisotopic (exact) mass is 977 g/mol. The number of sulfone groups is 1. The van der Waals surface area contributed by atoms with E-state index in [0.29, 0.717) is 61.2 Å². The molecule has 0 radical (unpaired) electrons. The molecule has 0 unspecified atom stereocenters. The SMILES string of the molecule is CC(=O)CNC(=O)CC[C@@H](C)[C@H]1CC[C@H]2[C@@H]3[C@H](O)C[C@@H]4C[C@H](O)CC[C@]4(C)[C@H]3C[C@H](O)[C@]12C.C[C@H](CCC(=O)NCCS(C)(=O)=O)[C@H]1CC[C@H]2[C@@H]3[C@H](O)C[C@@H]4C[C@H](O)CC[C@]4(C)[C@H]3C[C@H](O)[C@]12C. The van der Waals surface area contributed by atoms with Gasteiger partial charge in [-0.1, -0.05) is 41.5 Å². The van der Waals surface area contributed by atoms with Gasteiger partial charge >= 0.3 is 0 Å². The molecule has 22 atom stereocenters. The van der Waals surface area contributed by atoms with Gasteiger partial charge in [-0.2, -0.15) is 0 Å². The summed E-state index contributed by atoms with van der Waals surface area (Å²) in [5.41, 5.74) is -0.357. The zero-order valence-electron chi connectivity index (χ0n) is 42.9. The molecule has 0 saturated heterocycles. The Morgan fingerprint density at radius 1 is 0.588 bits per heavy atom. The second-order valence-corrected chi connectivity index (χ2v) is 27.8. The molecule has 0 aromatic heterocycles. The summed E-state index contributed by atoms with van der Waals surface area (Å²) in [5.74, 6) is 3.08. The summed E-state index contributed by atoms with van der Waals surface area (Å²) in [6.07, 6.45) is 13.5. The molecule has 2 amide bonds. The molecule has 0 aromatic carbocycles. The Hall–Kier alpha value is -1.68. The lowest BCUT2D eigenvalue weighted by molar-refractivity contribution is -0.207. The molecule has 8 aliphatic rings. The van der Waals surface area contributed by atoms with Crippen LogP contribution in [0.1, 0.15) is 164 Å². The minimum absolute atomic E-state index is 0.0446. The number of rotatable bonds is 13. The normalized spacial score (nSPS) is 47.0. The van der Waals surface area contributed by atoms with Crippen LogP contribution in [-0.2, 0) is 24.2 Å². The van der Waals surface area contributed by atoms with Gasteiger partial charge in [0.05, 0.1) is 48.9 Å². The fourth-order valence-electron chi connectivity index (χ4n) is 18.2. The van der Waals surface area contributed by atoms with Gasteiger partial charge < -0.3 is 41.3 Å². The van der Waals surface area contributed by atoms with E-state index in [4.69, 9.17) is 0 Å². The molecule has 0 aromatic rings. The number of carbonyl (C=O) groups is 3. The van der Waals surface area contributed by atoms with Crippen molar-refractivity contribution in [2.24, 2.45) is 92.7 Å². The van der Waals surface area contributed by atoms with Gasteiger partial charge in [-0.15, -0.1) is 0 Å². The third kappa shape index (κ3) is 10.3. The number of nitrogens with one attached hydrogen (secondary N) is 2. The van der Waals surface area contributed by atoms with Gasteiger partial charge in [0.15, 0.2) is 0 Å². The largest absolute Gasteiger partial charge is 0.393 e. The van der Waals surface area contributed by atoms with Gasteiger partial charge in [0.25, 0.3) is 0 Å². The Bertz CT molecular complexity index is 1920. The smallest absolute Gasteiger partial charge is 0.220 e. The van der Waals surface area contributed by atoms with E-state index >= 15 is 0 Å².